The van der Waals surface area contributed by atoms with E-state index in [1.807, 2.05) is 41.2 Å². The van der Waals surface area contributed by atoms with Crippen LogP contribution in [0.25, 0.3) is 5.69 Å². The molecule has 1 heterocycles. The average molecular weight is 333 g/mol. The maximum atomic E-state index is 12.4. The third-order valence-corrected chi connectivity index (χ3v) is 3.59. The summed E-state index contributed by atoms with van der Waals surface area (Å²) in [5, 5.41) is 13.0. The highest BCUT2D eigenvalue weighted by Crippen LogP contribution is 2.14. The zero-order chi connectivity index (χ0) is 17.6. The van der Waals surface area contributed by atoms with Gasteiger partial charge < -0.3 is 9.67 Å². The molecule has 0 aliphatic carbocycles. The van der Waals surface area contributed by atoms with Crippen molar-refractivity contribution in [2.75, 3.05) is 0 Å². The molecule has 0 unspecified atom stereocenters. The number of hydrogen-bond donors (Lipinski definition) is 2. The third kappa shape index (κ3) is 3.64. The number of carbonyl (C=O) groups is 2. The zero-order valence-electron chi connectivity index (χ0n) is 13.2. The van der Waals surface area contributed by atoms with Gasteiger partial charge in [-0.1, -0.05) is 30.3 Å². The van der Waals surface area contributed by atoms with Gasteiger partial charge in [-0.15, -0.1) is 0 Å². The molecule has 0 saturated carbocycles. The van der Waals surface area contributed by atoms with Gasteiger partial charge in [0.15, 0.2) is 0 Å². The van der Waals surface area contributed by atoms with Gasteiger partial charge in [-0.2, -0.15) is 5.10 Å². The summed E-state index contributed by atoms with van der Waals surface area (Å²) in [7, 11) is 0. The number of aromatic nitrogens is 1. The minimum atomic E-state index is -1.05. The number of carboxylic acid groups (broad SMARTS) is 1. The Labute approximate surface area is 144 Å². The number of nitrogens with zero attached hydrogens (tertiary/aromatic N) is 2. The molecule has 0 aliphatic heterocycles. The normalized spacial score (nSPS) is 10.7. The van der Waals surface area contributed by atoms with Crippen molar-refractivity contribution in [2.45, 2.75) is 0 Å². The molecule has 0 radical (unpaired) electrons. The Hall–Kier alpha value is -3.67. The molecular weight excluding hydrogens is 318 g/mol. The molecule has 2 aromatic carbocycles. The van der Waals surface area contributed by atoms with Gasteiger partial charge in [-0.25, -0.2) is 10.2 Å². The lowest BCUT2D eigenvalue weighted by atomic mass is 10.1. The van der Waals surface area contributed by atoms with Crippen LogP contribution in [0.15, 0.2) is 78.2 Å². The number of nitrogens with one attached hydrogen (secondary N) is 1. The lowest BCUT2D eigenvalue weighted by Gasteiger charge is -2.09. The summed E-state index contributed by atoms with van der Waals surface area (Å²) in [5.74, 6) is -1.43. The summed E-state index contributed by atoms with van der Waals surface area (Å²) in [6, 6.07) is 17.3. The molecule has 25 heavy (non-hydrogen) atoms. The molecule has 0 aliphatic rings. The van der Waals surface area contributed by atoms with Gasteiger partial charge in [0, 0.05) is 18.0 Å². The standard InChI is InChI=1S/C19H15N3O3/c23-18(16-9-3-4-10-17(16)22-11-5-6-12-22)21-20-13-14-7-1-2-8-15(14)19(24)25/h1-13H,(H,21,23)(H,24,25)/b20-13+. The number of carbonyl (C=O) groups excluding carboxylic acids is 1. The second-order valence-corrected chi connectivity index (χ2v) is 5.20. The van der Waals surface area contributed by atoms with Gasteiger partial charge in [-0.3, -0.25) is 4.79 Å². The first-order valence-electron chi connectivity index (χ1n) is 7.55. The van der Waals surface area contributed by atoms with Gasteiger partial charge in [0.05, 0.1) is 23.0 Å². The smallest absolute Gasteiger partial charge is 0.336 e. The average Bonchev–Trinajstić information content (AvgIpc) is 3.16. The number of hydrogen-bond acceptors (Lipinski definition) is 3. The number of amides is 1. The van der Waals surface area contributed by atoms with E-state index in [1.165, 1.54) is 12.3 Å². The van der Waals surface area contributed by atoms with Crippen LogP contribution >= 0.6 is 0 Å². The van der Waals surface area contributed by atoms with E-state index >= 15 is 0 Å². The second kappa shape index (κ2) is 7.27. The van der Waals surface area contributed by atoms with Crippen LogP contribution in [0.1, 0.15) is 26.3 Å². The van der Waals surface area contributed by atoms with Crippen molar-refractivity contribution in [3.05, 3.63) is 89.7 Å². The van der Waals surface area contributed by atoms with E-state index in [4.69, 9.17) is 5.11 Å². The summed E-state index contributed by atoms with van der Waals surface area (Å²) in [5.41, 5.74) is 4.16. The largest absolute Gasteiger partial charge is 0.478 e. The number of carboxylic acids is 1. The van der Waals surface area contributed by atoms with Crippen LogP contribution in [0.5, 0.6) is 0 Å². The highest BCUT2D eigenvalue weighted by molar-refractivity contribution is 6.00. The lowest BCUT2D eigenvalue weighted by Crippen LogP contribution is -2.19. The number of hydrazone groups is 1. The highest BCUT2D eigenvalue weighted by atomic mass is 16.4. The van der Waals surface area contributed by atoms with Gasteiger partial charge in [-0.05, 0) is 30.3 Å². The molecule has 0 spiro atoms. The molecule has 1 amide bonds. The van der Waals surface area contributed by atoms with Crippen molar-refractivity contribution in [3.8, 4) is 5.69 Å². The van der Waals surface area contributed by atoms with Crippen molar-refractivity contribution in [2.24, 2.45) is 5.10 Å². The predicted molar refractivity (Wildman–Crippen MR) is 94.2 cm³/mol. The number of rotatable bonds is 5. The summed E-state index contributed by atoms with van der Waals surface area (Å²) in [4.78, 5) is 23.6. The monoisotopic (exact) mass is 333 g/mol. The van der Waals surface area contributed by atoms with Gasteiger partial charge in [0.25, 0.3) is 5.91 Å². The SMILES string of the molecule is O=C(O)c1ccccc1/C=N/NC(=O)c1ccccc1-n1cccc1. The van der Waals surface area contributed by atoms with E-state index in [1.54, 1.807) is 30.3 Å². The fourth-order valence-electron chi connectivity index (χ4n) is 2.41. The van der Waals surface area contributed by atoms with Crippen molar-refractivity contribution >= 4 is 18.1 Å². The molecular formula is C19H15N3O3. The van der Waals surface area contributed by atoms with E-state index in [0.29, 0.717) is 11.1 Å². The molecule has 0 atom stereocenters. The topological polar surface area (TPSA) is 83.7 Å². The maximum Gasteiger partial charge on any atom is 0.336 e. The van der Waals surface area contributed by atoms with Crippen LogP contribution < -0.4 is 5.43 Å². The highest BCUT2D eigenvalue weighted by Gasteiger charge is 2.11. The minimum absolute atomic E-state index is 0.119. The van der Waals surface area contributed by atoms with Crippen LogP contribution in [0, 0.1) is 0 Å². The molecule has 2 N–H and O–H groups in total. The quantitative estimate of drug-likeness (QED) is 0.556. The Kier molecular flexibility index (Phi) is 4.71. The Morgan fingerprint density at radius 3 is 2.28 bits per heavy atom. The summed E-state index contributed by atoms with van der Waals surface area (Å²) < 4.78 is 1.83. The first-order valence-corrected chi connectivity index (χ1v) is 7.55. The summed E-state index contributed by atoms with van der Waals surface area (Å²) >= 11 is 0. The van der Waals surface area contributed by atoms with E-state index in [9.17, 15) is 9.59 Å². The first-order chi connectivity index (χ1) is 12.2. The van der Waals surface area contributed by atoms with E-state index in [0.717, 1.165) is 5.69 Å². The molecule has 0 fully saturated rings. The first kappa shape index (κ1) is 16.2. The number of aromatic carboxylic acids is 1. The Morgan fingerprint density at radius 2 is 1.56 bits per heavy atom. The molecule has 6 heteroatoms. The predicted octanol–water partition coefficient (Wildman–Crippen LogP) is 2.94. The number of para-hydroxylation sites is 1. The maximum absolute atomic E-state index is 12.4. The van der Waals surface area contributed by atoms with E-state index in [-0.39, 0.29) is 11.5 Å². The third-order valence-electron chi connectivity index (χ3n) is 3.59. The van der Waals surface area contributed by atoms with Crippen molar-refractivity contribution in [1.29, 1.82) is 0 Å². The summed E-state index contributed by atoms with van der Waals surface area (Å²) in [6.07, 6.45) is 5.01. The Morgan fingerprint density at radius 1 is 0.920 bits per heavy atom. The molecule has 124 valence electrons. The Bertz CT molecular complexity index is 931. The summed E-state index contributed by atoms with van der Waals surface area (Å²) in [6.45, 7) is 0. The van der Waals surface area contributed by atoms with Crippen molar-refractivity contribution in [3.63, 3.8) is 0 Å². The number of benzene rings is 2. The van der Waals surface area contributed by atoms with E-state index < -0.39 is 5.97 Å². The second-order valence-electron chi connectivity index (χ2n) is 5.20. The zero-order valence-corrected chi connectivity index (χ0v) is 13.2. The van der Waals surface area contributed by atoms with Crippen molar-refractivity contribution < 1.29 is 14.7 Å². The van der Waals surface area contributed by atoms with Crippen LogP contribution in [-0.2, 0) is 0 Å². The molecule has 3 rings (SSSR count). The van der Waals surface area contributed by atoms with Crippen LogP contribution in [0.2, 0.25) is 0 Å². The fraction of sp³-hybridized carbons (Fsp3) is 0. The Balaban J connectivity index is 1.80. The molecule has 0 bridgehead atoms. The fourth-order valence-corrected chi connectivity index (χ4v) is 2.41. The molecule has 6 nitrogen and oxygen atoms in total. The van der Waals surface area contributed by atoms with Crippen LogP contribution in [0.3, 0.4) is 0 Å². The van der Waals surface area contributed by atoms with Gasteiger partial charge in [0.2, 0.25) is 0 Å². The van der Waals surface area contributed by atoms with Gasteiger partial charge in [0.1, 0.15) is 0 Å². The molecule has 1 aromatic heterocycles. The van der Waals surface area contributed by atoms with Crippen LogP contribution in [0.4, 0.5) is 0 Å². The minimum Gasteiger partial charge on any atom is -0.478 e. The van der Waals surface area contributed by atoms with Gasteiger partial charge >= 0.3 is 5.97 Å². The molecule has 0 saturated heterocycles. The van der Waals surface area contributed by atoms with E-state index in [2.05, 4.69) is 10.5 Å². The lowest BCUT2D eigenvalue weighted by molar-refractivity contribution is 0.0696. The van der Waals surface area contributed by atoms with Crippen LogP contribution in [-0.4, -0.2) is 27.8 Å². The molecule has 3 aromatic rings. The van der Waals surface area contributed by atoms with Crippen molar-refractivity contribution in [1.82, 2.24) is 9.99 Å².